The zero-order valence-electron chi connectivity index (χ0n) is 11.5. The number of thioether (sulfide) groups is 1. The second kappa shape index (κ2) is 10.2. The lowest BCUT2D eigenvalue weighted by Gasteiger charge is -2.20. The molecule has 1 fully saturated rings. The van der Waals surface area contributed by atoms with E-state index in [0.717, 1.165) is 31.4 Å². The summed E-state index contributed by atoms with van der Waals surface area (Å²) in [6.45, 7) is 7.32. The lowest BCUT2D eigenvalue weighted by Crippen LogP contribution is -2.21. The summed E-state index contributed by atoms with van der Waals surface area (Å²) in [6.07, 6.45) is 8.78. The first-order valence-corrected chi connectivity index (χ1v) is 8.28. The fourth-order valence-electron chi connectivity index (χ4n) is 2.17. The Hall–Kier alpha value is 0.270. The fraction of sp³-hybridized carbons (Fsp3) is 1.00. The van der Waals surface area contributed by atoms with Crippen LogP contribution in [0.2, 0.25) is 0 Å². The second-order valence-electron chi connectivity index (χ2n) is 5.15. The van der Waals surface area contributed by atoms with Gasteiger partial charge in [0.15, 0.2) is 0 Å². The SMILES string of the molecule is CC(C)OCCCNCCSC1CCCCC1. The summed E-state index contributed by atoms with van der Waals surface area (Å²) < 4.78 is 5.50. The van der Waals surface area contributed by atoms with Gasteiger partial charge >= 0.3 is 0 Å². The lowest BCUT2D eigenvalue weighted by atomic mass is 10.0. The van der Waals surface area contributed by atoms with Crippen LogP contribution in [0, 0.1) is 0 Å². The van der Waals surface area contributed by atoms with E-state index in [-0.39, 0.29) is 0 Å². The first-order chi connectivity index (χ1) is 8.29. The molecule has 0 unspecified atom stereocenters. The van der Waals surface area contributed by atoms with Crippen molar-refractivity contribution >= 4 is 11.8 Å². The Labute approximate surface area is 111 Å². The van der Waals surface area contributed by atoms with E-state index in [2.05, 4.69) is 30.9 Å². The Bertz CT molecular complexity index is 170. The molecule has 3 heteroatoms. The van der Waals surface area contributed by atoms with E-state index in [0.29, 0.717) is 6.10 Å². The van der Waals surface area contributed by atoms with Crippen LogP contribution in [0.3, 0.4) is 0 Å². The lowest BCUT2D eigenvalue weighted by molar-refractivity contribution is 0.0772. The standard InChI is InChI=1S/C14H29NOS/c1-13(2)16-11-6-9-15-10-12-17-14-7-4-3-5-8-14/h13-15H,3-12H2,1-2H3. The van der Waals surface area contributed by atoms with Gasteiger partial charge in [-0.2, -0.15) is 11.8 Å². The smallest absolute Gasteiger partial charge is 0.0518 e. The molecule has 0 amide bonds. The van der Waals surface area contributed by atoms with Gasteiger partial charge in [0, 0.05) is 24.2 Å². The summed E-state index contributed by atoms with van der Waals surface area (Å²) in [7, 11) is 0. The Morgan fingerprint density at radius 3 is 2.65 bits per heavy atom. The third-order valence-electron chi connectivity index (χ3n) is 3.13. The molecule has 1 aliphatic rings. The van der Waals surface area contributed by atoms with Crippen molar-refractivity contribution in [2.45, 2.75) is 63.7 Å². The first-order valence-electron chi connectivity index (χ1n) is 7.23. The van der Waals surface area contributed by atoms with Crippen LogP contribution in [0.4, 0.5) is 0 Å². The van der Waals surface area contributed by atoms with Gasteiger partial charge < -0.3 is 10.1 Å². The molecule has 1 aliphatic carbocycles. The molecule has 0 spiro atoms. The van der Waals surface area contributed by atoms with Crippen LogP contribution in [0.15, 0.2) is 0 Å². The van der Waals surface area contributed by atoms with E-state index in [9.17, 15) is 0 Å². The van der Waals surface area contributed by atoms with Crippen molar-refractivity contribution in [2.75, 3.05) is 25.4 Å². The summed E-state index contributed by atoms with van der Waals surface area (Å²) in [6, 6.07) is 0. The fourth-order valence-corrected chi connectivity index (χ4v) is 3.43. The molecule has 0 heterocycles. The molecular formula is C14H29NOS. The summed E-state index contributed by atoms with van der Waals surface area (Å²) >= 11 is 2.17. The molecule has 0 atom stereocenters. The summed E-state index contributed by atoms with van der Waals surface area (Å²) in [5.74, 6) is 1.27. The van der Waals surface area contributed by atoms with Crippen molar-refractivity contribution in [3.63, 3.8) is 0 Å². The van der Waals surface area contributed by atoms with E-state index in [1.807, 2.05) is 0 Å². The van der Waals surface area contributed by atoms with Gasteiger partial charge in [0.1, 0.15) is 0 Å². The van der Waals surface area contributed by atoms with Crippen LogP contribution >= 0.6 is 11.8 Å². The molecule has 0 saturated heterocycles. The second-order valence-corrected chi connectivity index (χ2v) is 6.56. The summed E-state index contributed by atoms with van der Waals surface area (Å²) in [5, 5.41) is 4.45. The number of ether oxygens (including phenoxy) is 1. The minimum atomic E-state index is 0.372. The minimum Gasteiger partial charge on any atom is -0.379 e. The molecule has 0 aromatic carbocycles. The zero-order valence-corrected chi connectivity index (χ0v) is 12.4. The molecule has 1 saturated carbocycles. The van der Waals surface area contributed by atoms with Crippen LogP contribution in [0.5, 0.6) is 0 Å². The van der Waals surface area contributed by atoms with Crippen molar-refractivity contribution in [2.24, 2.45) is 0 Å². The molecular weight excluding hydrogens is 230 g/mol. The van der Waals surface area contributed by atoms with Crippen molar-refractivity contribution < 1.29 is 4.74 Å². The highest BCUT2D eigenvalue weighted by Crippen LogP contribution is 2.27. The van der Waals surface area contributed by atoms with E-state index >= 15 is 0 Å². The molecule has 0 aliphatic heterocycles. The average molecular weight is 259 g/mol. The van der Waals surface area contributed by atoms with Gasteiger partial charge in [0.25, 0.3) is 0 Å². The minimum absolute atomic E-state index is 0.372. The average Bonchev–Trinajstić information content (AvgIpc) is 2.33. The largest absolute Gasteiger partial charge is 0.379 e. The van der Waals surface area contributed by atoms with E-state index in [1.54, 1.807) is 0 Å². The van der Waals surface area contributed by atoms with Gasteiger partial charge in [-0.05, 0) is 39.7 Å². The van der Waals surface area contributed by atoms with Gasteiger partial charge in [-0.25, -0.2) is 0 Å². The number of rotatable bonds is 9. The van der Waals surface area contributed by atoms with Gasteiger partial charge in [0.2, 0.25) is 0 Å². The molecule has 17 heavy (non-hydrogen) atoms. The topological polar surface area (TPSA) is 21.3 Å². The number of hydrogen-bond donors (Lipinski definition) is 1. The summed E-state index contributed by atoms with van der Waals surface area (Å²) in [5.41, 5.74) is 0. The molecule has 2 nitrogen and oxygen atoms in total. The molecule has 1 rings (SSSR count). The van der Waals surface area contributed by atoms with Crippen molar-refractivity contribution in [1.29, 1.82) is 0 Å². The predicted octanol–water partition coefficient (Wildman–Crippen LogP) is 3.46. The third-order valence-corrected chi connectivity index (χ3v) is 4.52. The summed E-state index contributed by atoms with van der Waals surface area (Å²) in [4.78, 5) is 0. The number of hydrogen-bond acceptors (Lipinski definition) is 3. The highest BCUT2D eigenvalue weighted by Gasteiger charge is 2.12. The van der Waals surface area contributed by atoms with E-state index in [1.165, 1.54) is 37.9 Å². The van der Waals surface area contributed by atoms with Gasteiger partial charge in [-0.1, -0.05) is 19.3 Å². The molecule has 0 bridgehead atoms. The van der Waals surface area contributed by atoms with Crippen molar-refractivity contribution in [3.05, 3.63) is 0 Å². The zero-order chi connectivity index (χ0) is 12.3. The van der Waals surface area contributed by atoms with Gasteiger partial charge in [-0.15, -0.1) is 0 Å². The monoisotopic (exact) mass is 259 g/mol. The first kappa shape index (κ1) is 15.3. The highest BCUT2D eigenvalue weighted by molar-refractivity contribution is 7.99. The van der Waals surface area contributed by atoms with Crippen LogP contribution in [-0.4, -0.2) is 36.8 Å². The van der Waals surface area contributed by atoms with Crippen LogP contribution < -0.4 is 5.32 Å². The van der Waals surface area contributed by atoms with E-state index < -0.39 is 0 Å². The van der Waals surface area contributed by atoms with Gasteiger partial charge in [-0.3, -0.25) is 0 Å². The molecule has 102 valence electrons. The van der Waals surface area contributed by atoms with Crippen molar-refractivity contribution in [3.8, 4) is 0 Å². The Balaban J connectivity index is 1.78. The maximum Gasteiger partial charge on any atom is 0.0518 e. The maximum absolute atomic E-state index is 5.50. The van der Waals surface area contributed by atoms with Crippen molar-refractivity contribution in [1.82, 2.24) is 5.32 Å². The maximum atomic E-state index is 5.50. The van der Waals surface area contributed by atoms with Gasteiger partial charge in [0.05, 0.1) is 6.10 Å². The molecule has 0 aromatic heterocycles. The predicted molar refractivity (Wildman–Crippen MR) is 77.9 cm³/mol. The van der Waals surface area contributed by atoms with Crippen LogP contribution in [-0.2, 0) is 4.74 Å². The molecule has 0 radical (unpaired) electrons. The Kier molecular flexibility index (Phi) is 9.21. The van der Waals surface area contributed by atoms with Crippen LogP contribution in [0.25, 0.3) is 0 Å². The molecule has 0 aromatic rings. The van der Waals surface area contributed by atoms with E-state index in [4.69, 9.17) is 4.74 Å². The number of nitrogens with one attached hydrogen (secondary N) is 1. The highest BCUT2D eigenvalue weighted by atomic mass is 32.2. The quantitative estimate of drug-likeness (QED) is 0.641. The Morgan fingerprint density at radius 2 is 1.94 bits per heavy atom. The third kappa shape index (κ3) is 8.92. The normalized spacial score (nSPS) is 17.8. The van der Waals surface area contributed by atoms with Crippen LogP contribution in [0.1, 0.15) is 52.4 Å². The molecule has 1 N–H and O–H groups in total. The Morgan fingerprint density at radius 1 is 1.18 bits per heavy atom.